The van der Waals surface area contributed by atoms with Crippen LogP contribution in [-0.4, -0.2) is 30.9 Å². The van der Waals surface area contributed by atoms with Crippen LogP contribution in [-0.2, 0) is 16.2 Å². The lowest BCUT2D eigenvalue weighted by Gasteiger charge is -2.44. The molecule has 1 N–H and O–H groups in total. The zero-order valence-electron chi connectivity index (χ0n) is 27.5. The number of barbiturate groups is 1. The Hall–Kier alpha value is -5.18. The number of amides is 4. The van der Waals surface area contributed by atoms with E-state index in [2.05, 4.69) is 50.4 Å². The fraction of sp³-hybridized carbons (Fsp3) is 0.167. The van der Waals surface area contributed by atoms with Gasteiger partial charge in [0.2, 0.25) is 0 Å². The maximum atomic E-state index is 14.3. The number of nitrogens with one attached hydrogen (secondary N) is 1. The zero-order chi connectivity index (χ0) is 35.1. The van der Waals surface area contributed by atoms with Gasteiger partial charge in [-0.05, 0) is 105 Å². The number of benzene rings is 5. The Labute approximate surface area is 309 Å². The predicted octanol–water partition coefficient (Wildman–Crippen LogP) is 9.23. The van der Waals surface area contributed by atoms with Crippen molar-refractivity contribution in [2.24, 2.45) is 0 Å². The highest BCUT2D eigenvalue weighted by Gasteiger charge is 2.40. The molecule has 5 aromatic rings. The van der Waals surface area contributed by atoms with Crippen molar-refractivity contribution < 1.29 is 19.1 Å². The van der Waals surface area contributed by atoms with E-state index in [0.717, 1.165) is 47.5 Å². The maximum absolute atomic E-state index is 14.3. The van der Waals surface area contributed by atoms with Crippen molar-refractivity contribution in [2.75, 3.05) is 22.9 Å². The Morgan fingerprint density at radius 2 is 1.39 bits per heavy atom. The molecule has 0 saturated carbocycles. The van der Waals surface area contributed by atoms with E-state index < -0.39 is 17.8 Å². The van der Waals surface area contributed by atoms with Crippen LogP contribution in [0.3, 0.4) is 0 Å². The number of imide groups is 2. The Kier molecular flexibility index (Phi) is 8.96. The van der Waals surface area contributed by atoms with Crippen LogP contribution in [0.5, 0.6) is 5.75 Å². The van der Waals surface area contributed by atoms with Gasteiger partial charge >= 0.3 is 6.03 Å². The average Bonchev–Trinajstić information content (AvgIpc) is 3.14. The number of ether oxygens (including phenoxy) is 1. The summed E-state index contributed by atoms with van der Waals surface area (Å²) in [5.74, 6) is -0.645. The monoisotopic (exact) mass is 757 g/mol. The Morgan fingerprint density at radius 3 is 1.98 bits per heavy atom. The molecule has 2 atom stereocenters. The summed E-state index contributed by atoms with van der Waals surface area (Å²) in [6.07, 6.45) is 3.33. The van der Waals surface area contributed by atoms with E-state index in [1.54, 1.807) is 18.2 Å². The van der Waals surface area contributed by atoms with Crippen molar-refractivity contribution in [2.45, 2.75) is 31.3 Å². The summed E-state index contributed by atoms with van der Waals surface area (Å²) in [6.45, 7) is 2.18. The highest BCUT2D eigenvalue weighted by molar-refractivity contribution is 9.10. The minimum Gasteiger partial charge on any atom is -0.488 e. The molecule has 254 valence electrons. The van der Waals surface area contributed by atoms with Gasteiger partial charge in [-0.2, -0.15) is 0 Å². The Morgan fingerprint density at radius 1 is 0.784 bits per heavy atom. The Balaban J connectivity index is 1.16. The lowest BCUT2D eigenvalue weighted by atomic mass is 9.76. The fourth-order valence-corrected chi connectivity index (χ4v) is 8.13. The van der Waals surface area contributed by atoms with Crippen molar-refractivity contribution in [1.82, 2.24) is 5.32 Å². The molecule has 3 aliphatic heterocycles. The van der Waals surface area contributed by atoms with E-state index in [1.807, 2.05) is 72.8 Å². The van der Waals surface area contributed by atoms with E-state index in [9.17, 15) is 14.4 Å². The van der Waals surface area contributed by atoms with Gasteiger partial charge in [0.15, 0.2) is 0 Å². The van der Waals surface area contributed by atoms with Crippen LogP contribution in [0.15, 0.2) is 125 Å². The van der Waals surface area contributed by atoms with Crippen molar-refractivity contribution in [3.05, 3.63) is 164 Å². The maximum Gasteiger partial charge on any atom is 0.335 e. The molecule has 9 heteroatoms. The first-order valence-corrected chi connectivity index (χ1v) is 18.1. The fourth-order valence-electron chi connectivity index (χ4n) is 7.49. The van der Waals surface area contributed by atoms with Gasteiger partial charge in [-0.25, -0.2) is 9.69 Å². The van der Waals surface area contributed by atoms with Gasteiger partial charge in [-0.3, -0.25) is 14.9 Å². The van der Waals surface area contributed by atoms with Gasteiger partial charge in [0.1, 0.15) is 17.9 Å². The SMILES string of the molecule is O=C1NC(=O)N(c2cc3c4c(c2)[C@@H](c2ccccc2)CCN4CC[C@@H]3c2ccccc2)C(=O)/C1=C/c1ccc(OCc2ccc(Cl)cc2)c(Br)c1. The van der Waals surface area contributed by atoms with Gasteiger partial charge in [-0.15, -0.1) is 0 Å². The number of anilines is 2. The third-order valence-corrected chi connectivity index (χ3v) is 10.8. The second-order valence-electron chi connectivity index (χ2n) is 13.0. The van der Waals surface area contributed by atoms with Crippen LogP contribution in [0.4, 0.5) is 16.2 Å². The molecule has 4 amide bonds. The third-order valence-electron chi connectivity index (χ3n) is 9.93. The lowest BCUT2D eigenvalue weighted by Crippen LogP contribution is -2.54. The van der Waals surface area contributed by atoms with Crippen LogP contribution in [0.1, 0.15) is 58.1 Å². The molecule has 1 fully saturated rings. The molecule has 3 aliphatic rings. The number of hydrogen-bond donors (Lipinski definition) is 1. The number of nitrogens with zero attached hydrogens (tertiary/aromatic N) is 2. The van der Waals surface area contributed by atoms with Crippen molar-refractivity contribution in [1.29, 1.82) is 0 Å². The van der Waals surface area contributed by atoms with Crippen LogP contribution < -0.4 is 19.9 Å². The molecule has 8 rings (SSSR count). The lowest BCUT2D eigenvalue weighted by molar-refractivity contribution is -0.122. The van der Waals surface area contributed by atoms with E-state index in [1.165, 1.54) is 22.9 Å². The predicted molar refractivity (Wildman–Crippen MR) is 203 cm³/mol. The molecular weight excluding hydrogens is 726 g/mol. The number of halogens is 2. The van der Waals surface area contributed by atoms with Gasteiger partial charge in [0, 0.05) is 35.6 Å². The molecule has 1 saturated heterocycles. The topological polar surface area (TPSA) is 79.0 Å². The summed E-state index contributed by atoms with van der Waals surface area (Å²) in [7, 11) is 0. The smallest absolute Gasteiger partial charge is 0.335 e. The second kappa shape index (κ2) is 13.9. The normalized spacial score (nSPS) is 19.2. The minimum absolute atomic E-state index is 0.0862. The molecule has 0 unspecified atom stereocenters. The van der Waals surface area contributed by atoms with E-state index in [0.29, 0.717) is 33.1 Å². The molecule has 0 spiro atoms. The average molecular weight is 759 g/mol. The molecule has 5 aromatic carbocycles. The molecule has 0 aromatic heterocycles. The van der Waals surface area contributed by atoms with Gasteiger partial charge in [0.25, 0.3) is 11.8 Å². The number of hydrogen-bond acceptors (Lipinski definition) is 5. The zero-order valence-corrected chi connectivity index (χ0v) is 29.9. The summed E-state index contributed by atoms with van der Waals surface area (Å²) in [4.78, 5) is 44.6. The summed E-state index contributed by atoms with van der Waals surface area (Å²) < 4.78 is 6.64. The molecule has 3 heterocycles. The summed E-state index contributed by atoms with van der Waals surface area (Å²) in [5, 5.41) is 3.08. The number of carbonyl (C=O) groups is 3. The summed E-state index contributed by atoms with van der Waals surface area (Å²) >= 11 is 9.57. The second-order valence-corrected chi connectivity index (χ2v) is 14.3. The molecular formula is C42H33BrClN3O4. The molecule has 0 aliphatic carbocycles. The van der Waals surface area contributed by atoms with Crippen molar-refractivity contribution in [3.8, 4) is 5.75 Å². The molecule has 0 bridgehead atoms. The van der Waals surface area contributed by atoms with Crippen molar-refractivity contribution >= 4 is 62.8 Å². The number of rotatable bonds is 7. The summed E-state index contributed by atoms with van der Waals surface area (Å²) in [5.41, 5.74) is 7.59. The molecule has 0 radical (unpaired) electrons. The van der Waals surface area contributed by atoms with Crippen LogP contribution >= 0.6 is 27.5 Å². The van der Waals surface area contributed by atoms with Gasteiger partial charge in [0.05, 0.1) is 10.2 Å². The summed E-state index contributed by atoms with van der Waals surface area (Å²) in [6, 6.07) is 36.7. The van der Waals surface area contributed by atoms with Crippen LogP contribution in [0, 0.1) is 0 Å². The minimum atomic E-state index is -0.766. The number of urea groups is 1. The number of carbonyl (C=O) groups excluding carboxylic acids is 3. The standard InChI is InChI=1S/C42H33BrClN3O4/c43-37-22-27(13-16-38(37)51-25-26-11-14-30(44)15-12-26)21-36-40(48)45-42(50)47(41(36)49)31-23-34-32(28-7-3-1-4-8-28)17-19-46-20-18-33(35(24-31)39(34)46)29-9-5-2-6-10-29/h1-16,21-24,32-33H,17-20,25H2,(H,45,48,50)/b36-21+/t32-,33-/m1/s1. The van der Waals surface area contributed by atoms with E-state index >= 15 is 0 Å². The molecule has 51 heavy (non-hydrogen) atoms. The quantitative estimate of drug-likeness (QED) is 0.132. The van der Waals surface area contributed by atoms with E-state index in [4.69, 9.17) is 16.3 Å². The molecule has 7 nitrogen and oxygen atoms in total. The Bertz CT molecular complexity index is 2120. The van der Waals surface area contributed by atoms with Gasteiger partial charge in [-0.1, -0.05) is 90.5 Å². The largest absolute Gasteiger partial charge is 0.488 e. The van der Waals surface area contributed by atoms with Gasteiger partial charge < -0.3 is 9.64 Å². The third kappa shape index (κ3) is 6.46. The highest BCUT2D eigenvalue weighted by atomic mass is 79.9. The van der Waals surface area contributed by atoms with E-state index in [-0.39, 0.29) is 17.4 Å². The van der Waals surface area contributed by atoms with Crippen LogP contribution in [0.2, 0.25) is 5.02 Å². The first-order chi connectivity index (χ1) is 24.8. The highest BCUT2D eigenvalue weighted by Crippen LogP contribution is 2.50. The first kappa shape index (κ1) is 33.0. The first-order valence-electron chi connectivity index (χ1n) is 16.9. The van der Waals surface area contributed by atoms with Crippen LogP contribution in [0.25, 0.3) is 6.08 Å². The van der Waals surface area contributed by atoms with Crippen molar-refractivity contribution in [3.63, 3.8) is 0 Å².